The van der Waals surface area contributed by atoms with Crippen LogP contribution in [0.3, 0.4) is 0 Å². The highest BCUT2D eigenvalue weighted by molar-refractivity contribution is 6.06. The molecule has 0 spiro atoms. The van der Waals surface area contributed by atoms with Crippen molar-refractivity contribution in [3.63, 3.8) is 0 Å². The number of likely N-dealkylation sites (N-methyl/N-ethyl adjacent to an activating group) is 1. The van der Waals surface area contributed by atoms with Gasteiger partial charge in [-0.15, -0.1) is 0 Å². The van der Waals surface area contributed by atoms with Crippen LogP contribution in [0, 0.1) is 6.92 Å². The Balaban J connectivity index is 1.78. The quantitative estimate of drug-likeness (QED) is 0.357. The van der Waals surface area contributed by atoms with E-state index in [1.165, 1.54) is 56.8 Å². The monoisotopic (exact) mass is 487 g/mol. The summed E-state index contributed by atoms with van der Waals surface area (Å²) in [6, 6.07) is 28.0. The molecular weight excluding hydrogens is 450 g/mol. The number of allylic oxidation sites excluding steroid dienone is 6. The average Bonchev–Trinajstić information content (AvgIpc) is 2.88. The number of nitrogens with zero attached hydrogens (tertiary/aromatic N) is 1. The molecule has 3 nitrogen and oxygen atoms in total. The van der Waals surface area contributed by atoms with Gasteiger partial charge in [0.05, 0.1) is 5.70 Å². The number of anilines is 1. The highest BCUT2D eigenvalue weighted by Gasteiger charge is 2.31. The summed E-state index contributed by atoms with van der Waals surface area (Å²) in [5.74, 6) is 1.12. The van der Waals surface area contributed by atoms with Crippen LogP contribution in [0.5, 0.6) is 0 Å². The summed E-state index contributed by atoms with van der Waals surface area (Å²) in [5, 5.41) is 3.87. The molecule has 1 aliphatic heterocycles. The highest BCUT2D eigenvalue weighted by Crippen LogP contribution is 2.45. The Kier molecular flexibility index (Phi) is 7.05. The van der Waals surface area contributed by atoms with Gasteiger partial charge in [-0.1, -0.05) is 79.7 Å². The minimum Gasteiger partial charge on any atom is -0.399 e. The maximum atomic E-state index is 6.19. The summed E-state index contributed by atoms with van der Waals surface area (Å²) < 4.78 is 0. The average molecular weight is 488 g/mol. The molecule has 0 unspecified atom stereocenters. The maximum absolute atomic E-state index is 6.19. The van der Waals surface area contributed by atoms with Gasteiger partial charge in [-0.05, 0) is 85.1 Å². The lowest BCUT2D eigenvalue weighted by molar-refractivity contribution is 0.467. The number of nitrogens with two attached hydrogens (primary N) is 1. The van der Waals surface area contributed by atoms with Crippen molar-refractivity contribution < 1.29 is 0 Å². The van der Waals surface area contributed by atoms with E-state index < -0.39 is 0 Å². The third-order valence-electron chi connectivity index (χ3n) is 7.50. The second-order valence-electron chi connectivity index (χ2n) is 10.0. The van der Waals surface area contributed by atoms with E-state index in [1.807, 2.05) is 6.07 Å². The van der Waals surface area contributed by atoms with Crippen LogP contribution < -0.4 is 11.1 Å². The topological polar surface area (TPSA) is 41.3 Å². The van der Waals surface area contributed by atoms with Crippen molar-refractivity contribution in [3.8, 4) is 0 Å². The summed E-state index contributed by atoms with van der Waals surface area (Å²) in [6.07, 6.45) is 6.86. The minimum absolute atomic E-state index is 0.834. The van der Waals surface area contributed by atoms with Crippen molar-refractivity contribution in [1.82, 2.24) is 10.2 Å². The number of nitrogens with one attached hydrogen (secondary N) is 1. The van der Waals surface area contributed by atoms with Crippen molar-refractivity contribution in [2.45, 2.75) is 46.5 Å². The SMILES string of the molecule is CC/C=C(\C(=C1\NC(C)=C(c2ccc(N)c(C)c2)C(=C2CCC2)N1C)c1ccccc1)c1ccccc1. The summed E-state index contributed by atoms with van der Waals surface area (Å²) >= 11 is 0. The van der Waals surface area contributed by atoms with E-state index in [1.54, 1.807) is 0 Å². The lowest BCUT2D eigenvalue weighted by Gasteiger charge is -2.40. The van der Waals surface area contributed by atoms with E-state index in [2.05, 4.69) is 117 Å². The van der Waals surface area contributed by atoms with E-state index in [4.69, 9.17) is 5.73 Å². The second-order valence-corrected chi connectivity index (χ2v) is 10.0. The molecule has 0 amide bonds. The molecule has 1 aliphatic carbocycles. The molecule has 1 heterocycles. The predicted molar refractivity (Wildman–Crippen MR) is 158 cm³/mol. The van der Waals surface area contributed by atoms with Gasteiger partial charge in [-0.2, -0.15) is 0 Å². The Hall–Kier alpha value is -3.98. The largest absolute Gasteiger partial charge is 0.399 e. The van der Waals surface area contributed by atoms with Crippen LogP contribution in [0.4, 0.5) is 5.69 Å². The molecule has 3 aromatic carbocycles. The van der Waals surface area contributed by atoms with E-state index in [9.17, 15) is 0 Å². The number of nitrogen functional groups attached to an aromatic ring is 1. The third-order valence-corrected chi connectivity index (χ3v) is 7.50. The summed E-state index contributed by atoms with van der Waals surface area (Å²) in [4.78, 5) is 2.40. The molecule has 5 rings (SSSR count). The van der Waals surface area contributed by atoms with E-state index in [-0.39, 0.29) is 0 Å². The molecule has 188 valence electrons. The molecular formula is C34H37N3. The summed E-state index contributed by atoms with van der Waals surface area (Å²) in [6.45, 7) is 6.51. The summed E-state index contributed by atoms with van der Waals surface area (Å²) in [7, 11) is 2.22. The molecule has 2 aliphatic rings. The zero-order valence-corrected chi connectivity index (χ0v) is 22.4. The standard InChI is InChI=1S/C34H37N3/c1-5-13-29(25-14-8-6-9-15-25)32(26-16-10-7-11-17-26)34-36-24(3)31(28-20-21-30(35)23(2)22-28)33(37(34)4)27-18-12-19-27/h6-11,13-17,20-22,36H,5,12,18-19,35H2,1-4H3/b29-13-,34-32-. The van der Waals surface area contributed by atoms with Crippen LogP contribution in [-0.4, -0.2) is 11.9 Å². The first-order valence-corrected chi connectivity index (χ1v) is 13.4. The maximum Gasteiger partial charge on any atom is 0.118 e. The number of benzene rings is 3. The highest BCUT2D eigenvalue weighted by atomic mass is 15.3. The molecule has 37 heavy (non-hydrogen) atoms. The van der Waals surface area contributed by atoms with Gasteiger partial charge in [-0.3, -0.25) is 0 Å². The molecule has 1 fully saturated rings. The van der Waals surface area contributed by atoms with E-state index in [0.29, 0.717) is 0 Å². The molecule has 3 aromatic rings. The Bertz CT molecular complexity index is 1420. The van der Waals surface area contributed by atoms with E-state index in [0.717, 1.165) is 36.3 Å². The van der Waals surface area contributed by atoms with Gasteiger partial charge in [0.2, 0.25) is 0 Å². The fraction of sp³-hybridized carbons (Fsp3) is 0.235. The normalized spacial score (nSPS) is 17.5. The first-order chi connectivity index (χ1) is 18.0. The number of hydrogen-bond acceptors (Lipinski definition) is 3. The molecule has 0 radical (unpaired) electrons. The Morgan fingerprint density at radius 1 is 0.919 bits per heavy atom. The molecule has 1 saturated carbocycles. The first kappa shape index (κ1) is 24.7. The molecule has 0 saturated heterocycles. The summed E-state index contributed by atoms with van der Waals surface area (Å²) in [5.41, 5.74) is 19.6. The fourth-order valence-corrected chi connectivity index (χ4v) is 5.41. The van der Waals surface area contributed by atoms with Crippen LogP contribution in [0.25, 0.3) is 16.7 Å². The molecule has 0 bridgehead atoms. The van der Waals surface area contributed by atoms with Crippen LogP contribution in [0.2, 0.25) is 0 Å². The van der Waals surface area contributed by atoms with Gasteiger partial charge >= 0.3 is 0 Å². The molecule has 3 N–H and O–H groups in total. The molecule has 0 aromatic heterocycles. The Morgan fingerprint density at radius 3 is 2.14 bits per heavy atom. The lowest BCUT2D eigenvalue weighted by atomic mass is 9.83. The van der Waals surface area contributed by atoms with Crippen molar-refractivity contribution in [1.29, 1.82) is 0 Å². The zero-order valence-electron chi connectivity index (χ0n) is 22.4. The number of aryl methyl sites for hydroxylation is 1. The zero-order chi connectivity index (χ0) is 25.9. The lowest BCUT2D eigenvalue weighted by Crippen LogP contribution is -2.36. The third kappa shape index (κ3) is 4.74. The van der Waals surface area contributed by atoms with Gasteiger partial charge in [0.15, 0.2) is 0 Å². The van der Waals surface area contributed by atoms with Crippen LogP contribution in [0.15, 0.2) is 108 Å². The predicted octanol–water partition coefficient (Wildman–Crippen LogP) is 8.14. The number of hydrogen-bond donors (Lipinski definition) is 2. The van der Waals surface area contributed by atoms with Gasteiger partial charge in [0.25, 0.3) is 0 Å². The van der Waals surface area contributed by atoms with Gasteiger partial charge < -0.3 is 16.0 Å². The van der Waals surface area contributed by atoms with Crippen molar-refractivity contribution >= 4 is 22.4 Å². The van der Waals surface area contributed by atoms with Crippen LogP contribution in [0.1, 0.15) is 61.8 Å². The Morgan fingerprint density at radius 2 is 1.57 bits per heavy atom. The van der Waals surface area contributed by atoms with Gasteiger partial charge in [0.1, 0.15) is 5.82 Å². The number of rotatable bonds is 5. The molecule has 3 heteroatoms. The molecule has 0 atom stereocenters. The minimum atomic E-state index is 0.834. The van der Waals surface area contributed by atoms with Gasteiger partial charge in [-0.25, -0.2) is 0 Å². The second kappa shape index (κ2) is 10.6. The fourth-order valence-electron chi connectivity index (χ4n) is 5.41. The van der Waals surface area contributed by atoms with Gasteiger partial charge in [0, 0.05) is 29.6 Å². The van der Waals surface area contributed by atoms with Crippen molar-refractivity contribution in [2.24, 2.45) is 0 Å². The Labute approximate surface area is 221 Å². The van der Waals surface area contributed by atoms with E-state index >= 15 is 0 Å². The smallest absolute Gasteiger partial charge is 0.118 e. The van der Waals surface area contributed by atoms with Crippen LogP contribution >= 0.6 is 0 Å². The van der Waals surface area contributed by atoms with Crippen LogP contribution in [-0.2, 0) is 0 Å². The first-order valence-electron chi connectivity index (χ1n) is 13.4. The van der Waals surface area contributed by atoms with Crippen molar-refractivity contribution in [3.05, 3.63) is 130 Å². The van der Waals surface area contributed by atoms with Crippen molar-refractivity contribution in [2.75, 3.05) is 12.8 Å².